The van der Waals surface area contributed by atoms with Gasteiger partial charge in [0.05, 0.1) is 0 Å². The molecule has 0 aliphatic carbocycles. The number of aromatic nitrogens is 1. The van der Waals surface area contributed by atoms with E-state index < -0.39 is 0 Å². The number of phenolic OH excluding ortho intramolecular Hbond substituents is 2. The van der Waals surface area contributed by atoms with Gasteiger partial charge in [-0.15, -0.1) is 0 Å². The highest BCUT2D eigenvalue weighted by Crippen LogP contribution is 2.24. The quantitative estimate of drug-likeness (QED) is 0.595. The molecule has 2 N–H and O–H groups in total. The minimum atomic E-state index is -0.162. The van der Waals surface area contributed by atoms with Crippen molar-refractivity contribution >= 4 is 12.0 Å². The predicted molar refractivity (Wildman–Crippen MR) is 61.3 cm³/mol. The largest absolute Gasteiger partial charge is 0.504 e. The molecular formula is C12H10N2O2. The van der Waals surface area contributed by atoms with E-state index in [4.69, 9.17) is 5.11 Å². The van der Waals surface area contributed by atoms with Gasteiger partial charge in [-0.05, 0) is 35.9 Å². The number of aliphatic imine (C=N–C) groups is 1. The molecule has 2 rings (SSSR count). The average molecular weight is 214 g/mol. The van der Waals surface area contributed by atoms with E-state index in [0.29, 0.717) is 11.4 Å². The highest BCUT2D eigenvalue weighted by atomic mass is 16.3. The van der Waals surface area contributed by atoms with Gasteiger partial charge in [0.2, 0.25) is 0 Å². The number of phenols is 2. The van der Waals surface area contributed by atoms with Crippen molar-refractivity contribution in [2.24, 2.45) is 4.99 Å². The molecule has 4 nitrogen and oxygen atoms in total. The van der Waals surface area contributed by atoms with E-state index in [-0.39, 0.29) is 11.5 Å². The Morgan fingerprint density at radius 3 is 2.62 bits per heavy atom. The second kappa shape index (κ2) is 4.44. The third kappa shape index (κ3) is 2.36. The van der Waals surface area contributed by atoms with Crippen molar-refractivity contribution in [1.29, 1.82) is 0 Å². The van der Waals surface area contributed by atoms with Crippen LogP contribution in [0.5, 0.6) is 11.5 Å². The van der Waals surface area contributed by atoms with Crippen molar-refractivity contribution in [2.45, 2.75) is 0 Å². The number of rotatable bonds is 2. The van der Waals surface area contributed by atoms with Gasteiger partial charge in [0.15, 0.2) is 17.3 Å². The first kappa shape index (κ1) is 10.2. The van der Waals surface area contributed by atoms with Crippen molar-refractivity contribution in [3.05, 3.63) is 48.2 Å². The summed E-state index contributed by atoms with van der Waals surface area (Å²) in [5.74, 6) is 0.287. The van der Waals surface area contributed by atoms with Crippen LogP contribution < -0.4 is 0 Å². The number of hydrogen-bond acceptors (Lipinski definition) is 4. The molecule has 0 bridgehead atoms. The van der Waals surface area contributed by atoms with Crippen LogP contribution in [-0.2, 0) is 0 Å². The summed E-state index contributed by atoms with van der Waals surface area (Å²) in [6, 6.07) is 9.93. The van der Waals surface area contributed by atoms with Gasteiger partial charge in [0.1, 0.15) is 0 Å². The number of aromatic hydroxyl groups is 2. The van der Waals surface area contributed by atoms with E-state index in [0.717, 1.165) is 0 Å². The lowest BCUT2D eigenvalue weighted by Gasteiger charge is -1.97. The second-order valence-corrected chi connectivity index (χ2v) is 3.19. The third-order valence-electron chi connectivity index (χ3n) is 1.99. The third-order valence-corrected chi connectivity index (χ3v) is 1.99. The van der Waals surface area contributed by atoms with Crippen LogP contribution in [0.3, 0.4) is 0 Å². The molecule has 0 unspecified atom stereocenters. The molecule has 0 amide bonds. The molecule has 0 fully saturated rings. The summed E-state index contributed by atoms with van der Waals surface area (Å²) < 4.78 is 0. The molecule has 0 aliphatic heterocycles. The molecule has 1 heterocycles. The Bertz CT molecular complexity index is 510. The molecule has 1 aromatic heterocycles. The zero-order chi connectivity index (χ0) is 11.4. The molecule has 1 aromatic carbocycles. The maximum absolute atomic E-state index is 9.27. The summed E-state index contributed by atoms with van der Waals surface area (Å²) in [5.41, 5.74) is 0.695. The van der Waals surface area contributed by atoms with Gasteiger partial charge in [-0.2, -0.15) is 0 Å². The Kier molecular flexibility index (Phi) is 2.82. The Balaban J connectivity index is 2.21. The fraction of sp³-hybridized carbons (Fsp3) is 0. The SMILES string of the molecule is Oc1ccc(/C=N/c2ccccn2)cc1O. The topological polar surface area (TPSA) is 65.7 Å². The van der Waals surface area contributed by atoms with Crippen LogP contribution in [0.2, 0.25) is 0 Å². The van der Waals surface area contributed by atoms with Crippen molar-refractivity contribution in [3.63, 3.8) is 0 Å². The smallest absolute Gasteiger partial charge is 0.158 e. The van der Waals surface area contributed by atoms with Gasteiger partial charge in [-0.3, -0.25) is 0 Å². The van der Waals surface area contributed by atoms with Crippen LogP contribution in [0, 0.1) is 0 Å². The van der Waals surface area contributed by atoms with Crippen LogP contribution in [0.4, 0.5) is 5.82 Å². The fourth-order valence-corrected chi connectivity index (χ4v) is 1.19. The monoisotopic (exact) mass is 214 g/mol. The maximum atomic E-state index is 9.27. The van der Waals surface area contributed by atoms with E-state index in [2.05, 4.69) is 9.98 Å². The van der Waals surface area contributed by atoms with Crippen LogP contribution in [0.25, 0.3) is 0 Å². The number of hydrogen-bond donors (Lipinski definition) is 2. The summed E-state index contributed by atoms with van der Waals surface area (Å²) >= 11 is 0. The summed E-state index contributed by atoms with van der Waals surface area (Å²) in [6.45, 7) is 0. The van der Waals surface area contributed by atoms with Gasteiger partial charge < -0.3 is 10.2 Å². The van der Waals surface area contributed by atoms with Gasteiger partial charge in [0, 0.05) is 12.4 Å². The first-order chi connectivity index (χ1) is 7.75. The fourth-order valence-electron chi connectivity index (χ4n) is 1.19. The molecule has 0 spiro atoms. The standard InChI is InChI=1S/C12H10N2O2/c15-10-5-4-9(7-11(10)16)8-14-12-3-1-2-6-13-12/h1-8,15-16H/b14-8+. The molecule has 80 valence electrons. The summed E-state index contributed by atoms with van der Waals surface area (Å²) in [5, 5.41) is 18.4. The summed E-state index contributed by atoms with van der Waals surface area (Å²) in [7, 11) is 0. The Labute approximate surface area is 92.6 Å². The second-order valence-electron chi connectivity index (χ2n) is 3.19. The lowest BCUT2D eigenvalue weighted by Crippen LogP contribution is -1.81. The summed E-state index contributed by atoms with van der Waals surface area (Å²) in [6.07, 6.45) is 3.22. The van der Waals surface area contributed by atoms with Crippen LogP contribution in [0.15, 0.2) is 47.6 Å². The van der Waals surface area contributed by atoms with Gasteiger partial charge in [-0.25, -0.2) is 9.98 Å². The molecule has 0 radical (unpaired) electrons. The van der Waals surface area contributed by atoms with Crippen molar-refractivity contribution in [1.82, 2.24) is 4.98 Å². The molecule has 16 heavy (non-hydrogen) atoms. The van der Waals surface area contributed by atoms with Crippen LogP contribution in [-0.4, -0.2) is 21.4 Å². The van der Waals surface area contributed by atoms with Crippen molar-refractivity contribution < 1.29 is 10.2 Å². The zero-order valence-corrected chi connectivity index (χ0v) is 8.41. The first-order valence-corrected chi connectivity index (χ1v) is 4.73. The Morgan fingerprint density at radius 1 is 1.06 bits per heavy atom. The minimum absolute atomic E-state index is 0.144. The minimum Gasteiger partial charge on any atom is -0.504 e. The van der Waals surface area contributed by atoms with E-state index in [1.807, 2.05) is 12.1 Å². The Morgan fingerprint density at radius 2 is 1.94 bits per heavy atom. The van der Waals surface area contributed by atoms with E-state index in [1.54, 1.807) is 24.5 Å². The lowest BCUT2D eigenvalue weighted by molar-refractivity contribution is 0.403. The molecule has 0 atom stereocenters. The molecule has 2 aromatic rings. The molecule has 0 aliphatic rings. The number of pyridine rings is 1. The van der Waals surface area contributed by atoms with Gasteiger partial charge in [0.25, 0.3) is 0 Å². The van der Waals surface area contributed by atoms with Crippen molar-refractivity contribution in [3.8, 4) is 11.5 Å². The van der Waals surface area contributed by atoms with Crippen molar-refractivity contribution in [2.75, 3.05) is 0 Å². The van der Waals surface area contributed by atoms with Gasteiger partial charge >= 0.3 is 0 Å². The first-order valence-electron chi connectivity index (χ1n) is 4.73. The average Bonchev–Trinajstić information content (AvgIpc) is 2.32. The Hall–Kier alpha value is -2.36. The summed E-state index contributed by atoms with van der Waals surface area (Å²) in [4.78, 5) is 8.14. The molecule has 0 saturated heterocycles. The number of nitrogens with zero attached hydrogens (tertiary/aromatic N) is 2. The normalized spacial score (nSPS) is 10.8. The number of benzene rings is 1. The van der Waals surface area contributed by atoms with E-state index >= 15 is 0 Å². The lowest BCUT2D eigenvalue weighted by atomic mass is 10.2. The molecule has 0 saturated carbocycles. The molecular weight excluding hydrogens is 204 g/mol. The van der Waals surface area contributed by atoms with E-state index in [9.17, 15) is 5.11 Å². The van der Waals surface area contributed by atoms with E-state index in [1.165, 1.54) is 12.1 Å². The zero-order valence-electron chi connectivity index (χ0n) is 8.41. The highest BCUT2D eigenvalue weighted by Gasteiger charge is 1.98. The van der Waals surface area contributed by atoms with Crippen LogP contribution >= 0.6 is 0 Å². The maximum Gasteiger partial charge on any atom is 0.158 e. The molecule has 4 heteroatoms. The highest BCUT2D eigenvalue weighted by molar-refractivity contribution is 5.82. The van der Waals surface area contributed by atoms with Gasteiger partial charge in [-0.1, -0.05) is 6.07 Å². The predicted octanol–water partition coefficient (Wildman–Crippen LogP) is 2.24. The van der Waals surface area contributed by atoms with Crippen LogP contribution in [0.1, 0.15) is 5.56 Å².